The van der Waals surface area contributed by atoms with Gasteiger partial charge >= 0.3 is 6.03 Å². The number of nitrogens with two attached hydrogens (primary N) is 1. The molecule has 2 amide bonds. The summed E-state index contributed by atoms with van der Waals surface area (Å²) in [7, 11) is 0. The highest BCUT2D eigenvalue weighted by atomic mass is 19.1. The summed E-state index contributed by atoms with van der Waals surface area (Å²) in [5.41, 5.74) is 6.01. The van der Waals surface area contributed by atoms with Gasteiger partial charge in [-0.3, -0.25) is 0 Å². The molecule has 0 aromatic heterocycles. The molecule has 0 radical (unpaired) electrons. The Morgan fingerprint density at radius 3 is 2.74 bits per heavy atom. The number of hydrogen-bond donors (Lipinski definition) is 2. The molecule has 0 unspecified atom stereocenters. The van der Waals surface area contributed by atoms with Crippen molar-refractivity contribution in [3.8, 4) is 5.75 Å². The van der Waals surface area contributed by atoms with E-state index in [0.29, 0.717) is 17.0 Å². The Kier molecular flexibility index (Phi) is 3.97. The zero-order valence-electron chi connectivity index (χ0n) is 10.1. The van der Waals surface area contributed by atoms with Gasteiger partial charge in [0.25, 0.3) is 0 Å². The first-order valence-corrected chi connectivity index (χ1v) is 5.68. The van der Waals surface area contributed by atoms with Crippen molar-refractivity contribution in [2.75, 3.05) is 5.32 Å². The van der Waals surface area contributed by atoms with E-state index in [4.69, 9.17) is 10.5 Å². The van der Waals surface area contributed by atoms with E-state index in [0.717, 1.165) is 0 Å². The van der Waals surface area contributed by atoms with E-state index in [1.165, 1.54) is 6.07 Å². The molecule has 2 aromatic rings. The summed E-state index contributed by atoms with van der Waals surface area (Å²) in [5, 5.41) is 2.44. The molecule has 0 spiro atoms. The average Bonchev–Trinajstić information content (AvgIpc) is 2.37. The molecule has 0 atom stereocenters. The fraction of sp³-hybridized carbons (Fsp3) is 0.0714. The van der Waals surface area contributed by atoms with Gasteiger partial charge < -0.3 is 15.8 Å². The topological polar surface area (TPSA) is 64.4 Å². The van der Waals surface area contributed by atoms with Crippen LogP contribution in [0.2, 0.25) is 0 Å². The number of benzene rings is 2. The highest BCUT2D eigenvalue weighted by Gasteiger charge is 2.03. The van der Waals surface area contributed by atoms with E-state index in [1.807, 2.05) is 0 Å². The molecule has 0 bridgehead atoms. The van der Waals surface area contributed by atoms with Crippen molar-refractivity contribution in [3.63, 3.8) is 0 Å². The van der Waals surface area contributed by atoms with E-state index < -0.39 is 6.03 Å². The fourth-order valence-corrected chi connectivity index (χ4v) is 1.58. The highest BCUT2D eigenvalue weighted by molar-refractivity contribution is 5.87. The number of urea groups is 1. The number of carbonyl (C=O) groups is 1. The number of anilines is 1. The van der Waals surface area contributed by atoms with Crippen LogP contribution in [0.5, 0.6) is 5.75 Å². The van der Waals surface area contributed by atoms with Gasteiger partial charge in [0.2, 0.25) is 0 Å². The molecular weight excluding hydrogens is 247 g/mol. The van der Waals surface area contributed by atoms with Crippen LogP contribution in [0.25, 0.3) is 0 Å². The SMILES string of the molecule is NC(=O)Nc1cccc(OCc2ccccc2F)c1. The predicted molar refractivity (Wildman–Crippen MR) is 70.4 cm³/mol. The maximum absolute atomic E-state index is 13.4. The first kappa shape index (κ1) is 12.9. The van der Waals surface area contributed by atoms with Gasteiger partial charge in [-0.25, -0.2) is 9.18 Å². The largest absolute Gasteiger partial charge is 0.489 e. The van der Waals surface area contributed by atoms with Gasteiger partial charge in [0.05, 0.1) is 0 Å². The van der Waals surface area contributed by atoms with Crippen LogP contribution in [0, 0.1) is 5.82 Å². The van der Waals surface area contributed by atoms with Crippen molar-refractivity contribution in [2.24, 2.45) is 5.73 Å². The first-order chi connectivity index (χ1) is 9.15. The second kappa shape index (κ2) is 5.86. The second-order valence-corrected chi connectivity index (χ2v) is 3.90. The zero-order chi connectivity index (χ0) is 13.7. The highest BCUT2D eigenvalue weighted by Crippen LogP contribution is 2.19. The summed E-state index contributed by atoms with van der Waals surface area (Å²) in [5.74, 6) is 0.211. The summed E-state index contributed by atoms with van der Waals surface area (Å²) in [6.45, 7) is 0.118. The molecule has 2 aromatic carbocycles. The number of carbonyl (C=O) groups excluding carboxylic acids is 1. The lowest BCUT2D eigenvalue weighted by molar-refractivity contribution is 0.259. The molecule has 0 saturated carbocycles. The maximum Gasteiger partial charge on any atom is 0.316 e. The van der Waals surface area contributed by atoms with Gasteiger partial charge in [-0.2, -0.15) is 0 Å². The summed E-state index contributed by atoms with van der Waals surface area (Å²) < 4.78 is 18.9. The number of hydrogen-bond acceptors (Lipinski definition) is 2. The Hall–Kier alpha value is -2.56. The van der Waals surface area contributed by atoms with Gasteiger partial charge in [-0.1, -0.05) is 24.3 Å². The lowest BCUT2D eigenvalue weighted by atomic mass is 10.2. The molecular formula is C14H13FN2O2. The van der Waals surface area contributed by atoms with Gasteiger partial charge in [0.15, 0.2) is 0 Å². The molecule has 0 heterocycles. The Balaban J connectivity index is 2.03. The quantitative estimate of drug-likeness (QED) is 0.887. The van der Waals surface area contributed by atoms with Crippen LogP contribution >= 0.6 is 0 Å². The molecule has 4 nitrogen and oxygen atoms in total. The zero-order valence-corrected chi connectivity index (χ0v) is 10.1. The van der Waals surface area contributed by atoms with Crippen LogP contribution in [0.4, 0.5) is 14.9 Å². The van der Waals surface area contributed by atoms with Crippen LogP contribution in [0.1, 0.15) is 5.56 Å². The minimum absolute atomic E-state index is 0.118. The molecule has 3 N–H and O–H groups in total. The van der Waals surface area contributed by atoms with E-state index in [-0.39, 0.29) is 12.4 Å². The molecule has 5 heteroatoms. The normalized spacial score (nSPS) is 9.95. The van der Waals surface area contributed by atoms with Gasteiger partial charge in [0, 0.05) is 17.3 Å². The van der Waals surface area contributed by atoms with Gasteiger partial charge in [-0.05, 0) is 18.2 Å². The van der Waals surface area contributed by atoms with Gasteiger partial charge in [-0.15, -0.1) is 0 Å². The smallest absolute Gasteiger partial charge is 0.316 e. The number of nitrogens with one attached hydrogen (secondary N) is 1. The number of primary amides is 1. The van der Waals surface area contributed by atoms with Crippen LogP contribution < -0.4 is 15.8 Å². The van der Waals surface area contributed by atoms with Crippen LogP contribution in [-0.2, 0) is 6.61 Å². The van der Waals surface area contributed by atoms with E-state index >= 15 is 0 Å². The first-order valence-electron chi connectivity index (χ1n) is 5.68. The number of ether oxygens (including phenoxy) is 1. The van der Waals surface area contributed by atoms with Crippen molar-refractivity contribution in [3.05, 3.63) is 59.9 Å². The minimum atomic E-state index is -0.647. The van der Waals surface area contributed by atoms with Crippen LogP contribution in [-0.4, -0.2) is 6.03 Å². The number of amides is 2. The van der Waals surface area contributed by atoms with Crippen molar-refractivity contribution in [1.29, 1.82) is 0 Å². The molecule has 0 saturated heterocycles. The maximum atomic E-state index is 13.4. The van der Waals surface area contributed by atoms with Crippen molar-refractivity contribution in [1.82, 2.24) is 0 Å². The van der Waals surface area contributed by atoms with Crippen LogP contribution in [0.3, 0.4) is 0 Å². The van der Waals surface area contributed by atoms with Crippen molar-refractivity contribution in [2.45, 2.75) is 6.61 Å². The Morgan fingerprint density at radius 2 is 2.00 bits per heavy atom. The molecule has 0 aliphatic carbocycles. The Bertz CT molecular complexity index is 587. The Labute approximate surface area is 110 Å². The average molecular weight is 260 g/mol. The molecule has 0 aliphatic heterocycles. The molecule has 98 valence electrons. The molecule has 2 rings (SSSR count). The third-order valence-corrected chi connectivity index (χ3v) is 2.45. The minimum Gasteiger partial charge on any atom is -0.489 e. The van der Waals surface area contributed by atoms with Crippen molar-refractivity contribution >= 4 is 11.7 Å². The number of rotatable bonds is 4. The Morgan fingerprint density at radius 1 is 1.21 bits per heavy atom. The van der Waals surface area contributed by atoms with E-state index in [1.54, 1.807) is 42.5 Å². The summed E-state index contributed by atoms with van der Waals surface area (Å²) in [4.78, 5) is 10.7. The summed E-state index contributed by atoms with van der Waals surface area (Å²) >= 11 is 0. The lowest BCUT2D eigenvalue weighted by Gasteiger charge is -2.08. The third-order valence-electron chi connectivity index (χ3n) is 2.45. The number of halogens is 1. The fourth-order valence-electron chi connectivity index (χ4n) is 1.58. The van der Waals surface area contributed by atoms with E-state index in [2.05, 4.69) is 5.32 Å². The standard InChI is InChI=1S/C14H13FN2O2/c15-13-7-2-1-4-10(13)9-19-12-6-3-5-11(8-12)17-14(16)18/h1-8H,9H2,(H3,16,17,18). The monoisotopic (exact) mass is 260 g/mol. The lowest BCUT2D eigenvalue weighted by Crippen LogP contribution is -2.19. The van der Waals surface area contributed by atoms with E-state index in [9.17, 15) is 9.18 Å². The van der Waals surface area contributed by atoms with Crippen molar-refractivity contribution < 1.29 is 13.9 Å². The second-order valence-electron chi connectivity index (χ2n) is 3.90. The third kappa shape index (κ3) is 3.70. The molecule has 0 aliphatic rings. The molecule has 0 fully saturated rings. The van der Waals surface area contributed by atoms with Crippen LogP contribution in [0.15, 0.2) is 48.5 Å². The summed E-state index contributed by atoms with van der Waals surface area (Å²) in [6.07, 6.45) is 0. The summed E-state index contributed by atoms with van der Waals surface area (Å²) in [6, 6.07) is 12.5. The molecule has 19 heavy (non-hydrogen) atoms. The van der Waals surface area contributed by atoms with Gasteiger partial charge in [0.1, 0.15) is 18.2 Å². The predicted octanol–water partition coefficient (Wildman–Crippen LogP) is 2.90.